The Kier molecular flexibility index (Phi) is 4.86. The lowest BCUT2D eigenvalue weighted by Crippen LogP contribution is -2.12. The molecule has 4 nitrogen and oxygen atoms in total. The van der Waals surface area contributed by atoms with E-state index in [1.807, 2.05) is 12.1 Å². The van der Waals surface area contributed by atoms with E-state index in [2.05, 4.69) is 15.9 Å². The van der Waals surface area contributed by atoms with Gasteiger partial charge in [0.25, 0.3) is 0 Å². The van der Waals surface area contributed by atoms with Gasteiger partial charge in [0.2, 0.25) is 6.79 Å². The van der Waals surface area contributed by atoms with Crippen molar-refractivity contribution in [2.24, 2.45) is 5.73 Å². The van der Waals surface area contributed by atoms with Crippen LogP contribution >= 0.6 is 28.3 Å². The third kappa shape index (κ3) is 2.60. The molecule has 1 aromatic rings. The number of nitrogens with two attached hydrogens (primary N) is 1. The lowest BCUT2D eigenvalue weighted by molar-refractivity contribution is 0.174. The average molecular weight is 311 g/mol. The molecule has 0 spiro atoms. The highest BCUT2D eigenvalue weighted by atomic mass is 79.9. The second-order valence-electron chi connectivity index (χ2n) is 3.35. The zero-order valence-electron chi connectivity index (χ0n) is 8.48. The SMILES string of the molecule is Cl.N[C@H](CCO)c1cc2c(cc1Br)OCO2. The zero-order chi connectivity index (χ0) is 10.8. The van der Waals surface area contributed by atoms with Crippen LogP contribution in [-0.4, -0.2) is 18.5 Å². The molecule has 16 heavy (non-hydrogen) atoms. The van der Waals surface area contributed by atoms with Crippen molar-refractivity contribution in [2.45, 2.75) is 12.5 Å². The summed E-state index contributed by atoms with van der Waals surface area (Å²) < 4.78 is 11.4. The molecule has 1 heterocycles. The van der Waals surface area contributed by atoms with Crippen molar-refractivity contribution < 1.29 is 14.6 Å². The Labute approximate surface area is 108 Å². The molecule has 1 atom stereocenters. The molecule has 1 aliphatic heterocycles. The van der Waals surface area contributed by atoms with Crippen LogP contribution in [0.2, 0.25) is 0 Å². The average Bonchev–Trinajstić information content (AvgIpc) is 2.63. The maximum absolute atomic E-state index is 8.83. The summed E-state index contributed by atoms with van der Waals surface area (Å²) in [5.74, 6) is 1.43. The molecule has 0 amide bonds. The molecule has 2 rings (SSSR count). The van der Waals surface area contributed by atoms with E-state index in [1.165, 1.54) is 0 Å². The molecule has 1 aromatic carbocycles. The quantitative estimate of drug-likeness (QED) is 0.896. The van der Waals surface area contributed by atoms with Crippen LogP contribution in [0.3, 0.4) is 0 Å². The highest BCUT2D eigenvalue weighted by Crippen LogP contribution is 2.38. The highest BCUT2D eigenvalue weighted by Gasteiger charge is 2.18. The van der Waals surface area contributed by atoms with Gasteiger partial charge in [0.1, 0.15) is 0 Å². The number of aliphatic hydroxyl groups excluding tert-OH is 1. The van der Waals surface area contributed by atoms with Gasteiger partial charge in [-0.3, -0.25) is 0 Å². The molecule has 6 heteroatoms. The van der Waals surface area contributed by atoms with Crippen molar-refractivity contribution in [1.82, 2.24) is 0 Å². The minimum atomic E-state index is -0.195. The van der Waals surface area contributed by atoms with Crippen molar-refractivity contribution >= 4 is 28.3 Å². The van der Waals surface area contributed by atoms with Crippen molar-refractivity contribution in [3.63, 3.8) is 0 Å². The second kappa shape index (κ2) is 5.72. The number of fused-ring (bicyclic) bond motifs is 1. The molecular weight excluding hydrogens is 297 g/mol. The van der Waals surface area contributed by atoms with Crippen molar-refractivity contribution in [2.75, 3.05) is 13.4 Å². The predicted molar refractivity (Wildman–Crippen MR) is 66.1 cm³/mol. The molecule has 0 saturated carbocycles. The summed E-state index contributed by atoms with van der Waals surface area (Å²) in [5, 5.41) is 8.83. The minimum absolute atomic E-state index is 0. The van der Waals surface area contributed by atoms with Gasteiger partial charge < -0.3 is 20.3 Å². The first kappa shape index (κ1) is 13.6. The van der Waals surface area contributed by atoms with Gasteiger partial charge in [-0.2, -0.15) is 0 Å². The summed E-state index contributed by atoms with van der Waals surface area (Å²) in [6.07, 6.45) is 0.526. The minimum Gasteiger partial charge on any atom is -0.454 e. The van der Waals surface area contributed by atoms with E-state index >= 15 is 0 Å². The van der Waals surface area contributed by atoms with Gasteiger partial charge in [-0.25, -0.2) is 0 Å². The van der Waals surface area contributed by atoms with Crippen LogP contribution in [0, 0.1) is 0 Å². The van der Waals surface area contributed by atoms with E-state index in [4.69, 9.17) is 20.3 Å². The molecule has 0 radical (unpaired) electrons. The fourth-order valence-electron chi connectivity index (χ4n) is 1.51. The molecule has 1 aliphatic rings. The maximum Gasteiger partial charge on any atom is 0.231 e. The predicted octanol–water partition coefficient (Wildman–Crippen LogP) is 1.98. The first-order valence-corrected chi connectivity index (χ1v) is 5.47. The fourth-order valence-corrected chi connectivity index (χ4v) is 2.13. The summed E-state index contributed by atoms with van der Waals surface area (Å²) in [5.41, 5.74) is 6.84. The smallest absolute Gasteiger partial charge is 0.231 e. The number of benzene rings is 1. The number of hydrogen-bond acceptors (Lipinski definition) is 4. The zero-order valence-corrected chi connectivity index (χ0v) is 10.9. The Morgan fingerprint density at radius 3 is 2.62 bits per heavy atom. The standard InChI is InChI=1S/C10H12BrNO3.ClH/c11-7-4-10-9(14-5-15-10)3-6(7)8(12)1-2-13;/h3-4,8,13H,1-2,5,12H2;1H/t8-;/m1./s1. The van der Waals surface area contributed by atoms with Crippen LogP contribution in [0.1, 0.15) is 18.0 Å². The van der Waals surface area contributed by atoms with Crippen LogP contribution in [0.4, 0.5) is 0 Å². The van der Waals surface area contributed by atoms with E-state index in [0.717, 1.165) is 15.8 Å². The summed E-state index contributed by atoms with van der Waals surface area (Å²) in [4.78, 5) is 0. The van der Waals surface area contributed by atoms with Crippen LogP contribution in [-0.2, 0) is 0 Å². The monoisotopic (exact) mass is 309 g/mol. The van der Waals surface area contributed by atoms with Gasteiger partial charge in [0, 0.05) is 17.1 Å². The van der Waals surface area contributed by atoms with Crippen molar-refractivity contribution in [3.8, 4) is 11.5 Å². The lowest BCUT2D eigenvalue weighted by Gasteiger charge is -2.13. The number of halogens is 2. The molecule has 3 N–H and O–H groups in total. The van der Waals surface area contributed by atoms with Gasteiger partial charge in [-0.15, -0.1) is 12.4 Å². The molecule has 0 aliphatic carbocycles. The van der Waals surface area contributed by atoms with Crippen LogP contribution in [0.25, 0.3) is 0 Å². The third-order valence-electron chi connectivity index (χ3n) is 2.33. The van der Waals surface area contributed by atoms with E-state index in [1.54, 1.807) is 0 Å². The number of rotatable bonds is 3. The Morgan fingerprint density at radius 2 is 2.00 bits per heavy atom. The lowest BCUT2D eigenvalue weighted by atomic mass is 10.0. The molecule has 0 bridgehead atoms. The largest absolute Gasteiger partial charge is 0.454 e. The van der Waals surface area contributed by atoms with Crippen molar-refractivity contribution in [3.05, 3.63) is 22.2 Å². The van der Waals surface area contributed by atoms with E-state index in [0.29, 0.717) is 12.2 Å². The molecule has 0 fully saturated rings. The summed E-state index contributed by atoms with van der Waals surface area (Å²) in [6, 6.07) is 3.50. The Balaban J connectivity index is 0.00000128. The number of hydrogen-bond donors (Lipinski definition) is 2. The summed E-state index contributed by atoms with van der Waals surface area (Å²) in [7, 11) is 0. The van der Waals surface area contributed by atoms with E-state index in [-0.39, 0.29) is 31.8 Å². The fraction of sp³-hybridized carbons (Fsp3) is 0.400. The molecule has 0 aromatic heterocycles. The molecule has 90 valence electrons. The normalized spacial score (nSPS) is 14.4. The van der Waals surface area contributed by atoms with Gasteiger partial charge in [0.15, 0.2) is 11.5 Å². The number of aliphatic hydroxyl groups is 1. The van der Waals surface area contributed by atoms with Gasteiger partial charge in [-0.05, 0) is 24.1 Å². The topological polar surface area (TPSA) is 64.7 Å². The van der Waals surface area contributed by atoms with E-state index in [9.17, 15) is 0 Å². The Morgan fingerprint density at radius 1 is 1.38 bits per heavy atom. The first-order chi connectivity index (χ1) is 7.22. The first-order valence-electron chi connectivity index (χ1n) is 4.68. The molecular formula is C10H13BrClNO3. The van der Waals surface area contributed by atoms with E-state index < -0.39 is 0 Å². The number of ether oxygens (including phenoxy) is 2. The Bertz CT molecular complexity index is 375. The Hall–Kier alpha value is -0.490. The summed E-state index contributed by atoms with van der Waals surface area (Å²) >= 11 is 3.42. The summed E-state index contributed by atoms with van der Waals surface area (Å²) in [6.45, 7) is 0.322. The van der Waals surface area contributed by atoms with Gasteiger partial charge in [0.05, 0.1) is 0 Å². The molecule has 0 unspecified atom stereocenters. The highest BCUT2D eigenvalue weighted by molar-refractivity contribution is 9.10. The van der Waals surface area contributed by atoms with Crippen molar-refractivity contribution in [1.29, 1.82) is 0 Å². The van der Waals surface area contributed by atoms with Gasteiger partial charge >= 0.3 is 0 Å². The maximum atomic E-state index is 8.83. The van der Waals surface area contributed by atoms with Crippen LogP contribution in [0.5, 0.6) is 11.5 Å². The van der Waals surface area contributed by atoms with Crippen LogP contribution < -0.4 is 15.2 Å². The second-order valence-corrected chi connectivity index (χ2v) is 4.20. The molecule has 0 saturated heterocycles. The third-order valence-corrected chi connectivity index (χ3v) is 3.02. The van der Waals surface area contributed by atoms with Gasteiger partial charge in [-0.1, -0.05) is 15.9 Å². The van der Waals surface area contributed by atoms with Crippen LogP contribution in [0.15, 0.2) is 16.6 Å².